The zero-order chi connectivity index (χ0) is 35.8. The van der Waals surface area contributed by atoms with Crippen LogP contribution in [0.4, 0.5) is 0 Å². The number of allylic oxidation sites excluding steroid dienone is 2. The van der Waals surface area contributed by atoms with Crippen molar-refractivity contribution in [2.45, 2.75) is 0 Å². The molecular weight excluding hydrogens is 661 g/mol. The third-order valence-corrected chi connectivity index (χ3v) is 10.3. The molecular formula is C48H32N6. The fourth-order valence-electron chi connectivity index (χ4n) is 7.42. The van der Waals surface area contributed by atoms with Crippen LogP contribution in [0.25, 0.3) is 88.4 Å². The standard InChI is InChI=1S/C48H32N6/c1-2-8-40-39(7-1)41-15-9-31(33-11-17-47(51-27-33)37-13-19-45(53-29-37)35-5-3-21-49-25-35)23-43(41)44-24-32(10-16-42(40)44)34-12-18-48(52-28-34)38-14-20-46(54-30-38)36-6-4-22-50-26-36/h1-29,54H,30H2. The Balaban J connectivity index is 0.986. The van der Waals surface area contributed by atoms with Crippen LogP contribution in [0.3, 0.4) is 0 Å². The highest BCUT2D eigenvalue weighted by Gasteiger charge is 2.14. The van der Waals surface area contributed by atoms with E-state index in [0.717, 1.165) is 67.3 Å². The summed E-state index contributed by atoms with van der Waals surface area (Å²) in [5, 5.41) is 10.9. The van der Waals surface area contributed by atoms with Crippen LogP contribution in [-0.2, 0) is 0 Å². The molecule has 1 aliphatic heterocycles. The van der Waals surface area contributed by atoms with Gasteiger partial charge in [-0.3, -0.25) is 24.9 Å². The van der Waals surface area contributed by atoms with Crippen molar-refractivity contribution in [1.29, 1.82) is 0 Å². The number of nitrogens with zero attached hydrogens (tertiary/aromatic N) is 5. The van der Waals surface area contributed by atoms with Gasteiger partial charge in [0.1, 0.15) is 0 Å². The van der Waals surface area contributed by atoms with Gasteiger partial charge in [0.05, 0.1) is 17.1 Å². The Morgan fingerprint density at radius 2 is 0.870 bits per heavy atom. The third kappa shape index (κ3) is 5.76. The van der Waals surface area contributed by atoms with Gasteiger partial charge in [-0.1, -0.05) is 66.7 Å². The molecule has 4 aromatic carbocycles. The number of nitrogens with one attached hydrogen (secondary N) is 1. The fourth-order valence-corrected chi connectivity index (χ4v) is 7.42. The highest BCUT2D eigenvalue weighted by molar-refractivity contribution is 6.26. The van der Waals surface area contributed by atoms with Crippen molar-refractivity contribution >= 4 is 43.6 Å². The summed E-state index contributed by atoms with van der Waals surface area (Å²) < 4.78 is 0. The van der Waals surface area contributed by atoms with Crippen LogP contribution >= 0.6 is 0 Å². The van der Waals surface area contributed by atoms with Crippen molar-refractivity contribution in [3.63, 3.8) is 0 Å². The molecule has 0 unspecified atom stereocenters. The van der Waals surface area contributed by atoms with Crippen molar-refractivity contribution in [3.05, 3.63) is 188 Å². The summed E-state index contributed by atoms with van der Waals surface area (Å²) in [5.41, 5.74) is 12.4. The molecule has 5 aromatic heterocycles. The zero-order valence-electron chi connectivity index (χ0n) is 29.2. The maximum Gasteiger partial charge on any atom is 0.0717 e. The van der Waals surface area contributed by atoms with E-state index in [2.05, 4.69) is 129 Å². The molecule has 6 heteroatoms. The summed E-state index contributed by atoms with van der Waals surface area (Å²) in [5.74, 6) is 0. The normalized spacial score (nSPS) is 12.7. The molecule has 0 aliphatic carbocycles. The van der Waals surface area contributed by atoms with Crippen LogP contribution in [0.1, 0.15) is 11.3 Å². The first-order chi connectivity index (χ1) is 26.7. The van der Waals surface area contributed by atoms with Gasteiger partial charge in [0.2, 0.25) is 0 Å². The number of aromatic nitrogens is 5. The molecule has 54 heavy (non-hydrogen) atoms. The molecule has 0 fully saturated rings. The Bertz CT molecular complexity index is 2880. The molecule has 6 heterocycles. The predicted octanol–water partition coefficient (Wildman–Crippen LogP) is 10.8. The van der Waals surface area contributed by atoms with Gasteiger partial charge < -0.3 is 5.32 Å². The van der Waals surface area contributed by atoms with Gasteiger partial charge in [-0.15, -0.1) is 0 Å². The van der Waals surface area contributed by atoms with Crippen molar-refractivity contribution in [1.82, 2.24) is 30.2 Å². The maximum absolute atomic E-state index is 4.91. The lowest BCUT2D eigenvalue weighted by Crippen LogP contribution is -2.18. The first-order valence-corrected chi connectivity index (χ1v) is 18.0. The van der Waals surface area contributed by atoms with E-state index in [0.29, 0.717) is 6.54 Å². The first-order valence-electron chi connectivity index (χ1n) is 18.0. The number of hydrogen-bond donors (Lipinski definition) is 1. The Hall–Kier alpha value is -7.31. The molecule has 0 radical (unpaired) electrons. The Kier molecular flexibility index (Phi) is 7.77. The number of benzene rings is 4. The quantitative estimate of drug-likeness (QED) is 0.175. The summed E-state index contributed by atoms with van der Waals surface area (Å²) >= 11 is 0. The highest BCUT2D eigenvalue weighted by Crippen LogP contribution is 2.39. The molecule has 0 saturated carbocycles. The zero-order valence-corrected chi connectivity index (χ0v) is 29.2. The van der Waals surface area contributed by atoms with Gasteiger partial charge in [-0.2, -0.15) is 0 Å². The lowest BCUT2D eigenvalue weighted by Gasteiger charge is -2.17. The van der Waals surface area contributed by atoms with E-state index in [1.165, 1.54) is 32.3 Å². The fraction of sp³-hybridized carbons (Fsp3) is 0.0208. The largest absolute Gasteiger partial charge is 0.380 e. The van der Waals surface area contributed by atoms with Crippen molar-refractivity contribution < 1.29 is 0 Å². The summed E-state index contributed by atoms with van der Waals surface area (Å²) in [6, 6.07) is 42.8. The number of fused-ring (bicyclic) bond motifs is 6. The second kappa shape index (κ2) is 13.3. The Morgan fingerprint density at radius 1 is 0.370 bits per heavy atom. The van der Waals surface area contributed by atoms with Crippen molar-refractivity contribution in [2.24, 2.45) is 0 Å². The number of hydrogen-bond acceptors (Lipinski definition) is 6. The maximum atomic E-state index is 4.91. The van der Waals surface area contributed by atoms with E-state index in [-0.39, 0.29) is 0 Å². The van der Waals surface area contributed by atoms with Crippen LogP contribution < -0.4 is 5.32 Å². The third-order valence-electron chi connectivity index (χ3n) is 10.3. The molecule has 0 bridgehead atoms. The lowest BCUT2D eigenvalue weighted by molar-refractivity contribution is 0.997. The van der Waals surface area contributed by atoms with E-state index in [1.54, 1.807) is 12.4 Å². The van der Waals surface area contributed by atoms with Crippen LogP contribution in [0.5, 0.6) is 0 Å². The lowest BCUT2D eigenvalue weighted by atomic mass is 9.90. The number of dihydropyridines is 1. The molecule has 9 aromatic rings. The molecule has 1 aliphatic rings. The highest BCUT2D eigenvalue weighted by atomic mass is 14.9. The van der Waals surface area contributed by atoms with Crippen LogP contribution in [-0.4, -0.2) is 31.5 Å². The van der Waals surface area contributed by atoms with Gasteiger partial charge in [0, 0.05) is 83.4 Å². The minimum Gasteiger partial charge on any atom is -0.380 e. The molecule has 1 N–H and O–H groups in total. The van der Waals surface area contributed by atoms with E-state index in [4.69, 9.17) is 9.97 Å². The van der Waals surface area contributed by atoms with Crippen molar-refractivity contribution in [2.75, 3.05) is 6.54 Å². The second-order valence-electron chi connectivity index (χ2n) is 13.5. The molecule has 10 rings (SSSR count). The van der Waals surface area contributed by atoms with Crippen LogP contribution in [0, 0.1) is 0 Å². The Morgan fingerprint density at radius 3 is 1.37 bits per heavy atom. The van der Waals surface area contributed by atoms with E-state index < -0.39 is 0 Å². The van der Waals surface area contributed by atoms with E-state index in [9.17, 15) is 0 Å². The minimum absolute atomic E-state index is 0.708. The first kappa shape index (κ1) is 31.4. The smallest absolute Gasteiger partial charge is 0.0717 e. The number of pyridine rings is 5. The summed E-state index contributed by atoms with van der Waals surface area (Å²) in [6.45, 7) is 0.708. The van der Waals surface area contributed by atoms with Gasteiger partial charge >= 0.3 is 0 Å². The summed E-state index contributed by atoms with van der Waals surface area (Å²) in [4.78, 5) is 22.9. The summed E-state index contributed by atoms with van der Waals surface area (Å²) in [7, 11) is 0. The molecule has 0 atom stereocenters. The van der Waals surface area contributed by atoms with Crippen LogP contribution in [0.2, 0.25) is 0 Å². The SMILES string of the molecule is C1=C(c2cccnc2)NCC(c2ccc(-c3ccc4c5ccccc5c5ccc(-c6ccc(-c7ccc(-c8cccnc8)nc7)nc6)cc5c4c3)cn2)=C1. The van der Waals surface area contributed by atoms with E-state index >= 15 is 0 Å². The van der Waals surface area contributed by atoms with Gasteiger partial charge in [-0.25, -0.2) is 0 Å². The Labute approximate surface area is 312 Å². The average Bonchev–Trinajstić information content (AvgIpc) is 3.27. The van der Waals surface area contributed by atoms with Gasteiger partial charge in [0.25, 0.3) is 0 Å². The summed E-state index contributed by atoms with van der Waals surface area (Å²) in [6.07, 6.45) is 17.3. The predicted molar refractivity (Wildman–Crippen MR) is 220 cm³/mol. The van der Waals surface area contributed by atoms with E-state index in [1.807, 2.05) is 55.2 Å². The molecule has 0 amide bonds. The molecule has 6 nitrogen and oxygen atoms in total. The number of rotatable bonds is 6. The monoisotopic (exact) mass is 692 g/mol. The molecule has 254 valence electrons. The molecule has 0 spiro atoms. The minimum atomic E-state index is 0.708. The molecule has 0 saturated heterocycles. The van der Waals surface area contributed by atoms with Gasteiger partial charge in [0.15, 0.2) is 0 Å². The second-order valence-corrected chi connectivity index (χ2v) is 13.5. The average molecular weight is 693 g/mol. The van der Waals surface area contributed by atoms with Crippen molar-refractivity contribution in [3.8, 4) is 44.8 Å². The topological polar surface area (TPSA) is 76.5 Å². The van der Waals surface area contributed by atoms with Crippen LogP contribution in [0.15, 0.2) is 177 Å². The van der Waals surface area contributed by atoms with Gasteiger partial charge in [-0.05, 0) is 116 Å².